The number of aromatic nitrogens is 2. The summed E-state index contributed by atoms with van der Waals surface area (Å²) in [5, 5.41) is 3.81. The molecule has 5 nitrogen and oxygen atoms in total. The Hall–Kier alpha value is -2.24. The summed E-state index contributed by atoms with van der Waals surface area (Å²) in [5.74, 6) is 0.152. The highest BCUT2D eigenvalue weighted by molar-refractivity contribution is 5.94. The smallest absolute Gasteiger partial charge is 0.257 e. The van der Waals surface area contributed by atoms with Crippen molar-refractivity contribution in [3.8, 4) is 0 Å². The largest absolute Gasteiger partial charge is 0.337 e. The van der Waals surface area contributed by atoms with Gasteiger partial charge in [-0.15, -0.1) is 0 Å². The molecule has 6 heteroatoms. The van der Waals surface area contributed by atoms with Crippen molar-refractivity contribution in [2.45, 2.75) is 38.6 Å². The third-order valence-corrected chi connectivity index (χ3v) is 3.95. The Balaban J connectivity index is 1.94. The van der Waals surface area contributed by atoms with Gasteiger partial charge in [-0.1, -0.05) is 30.1 Å². The van der Waals surface area contributed by atoms with Crippen LogP contribution in [0.5, 0.6) is 0 Å². The lowest BCUT2D eigenvalue weighted by Crippen LogP contribution is -2.35. The van der Waals surface area contributed by atoms with Crippen molar-refractivity contribution in [1.82, 2.24) is 15.0 Å². The zero-order valence-electron chi connectivity index (χ0n) is 12.5. The van der Waals surface area contributed by atoms with Gasteiger partial charge in [0.25, 0.3) is 5.91 Å². The van der Waals surface area contributed by atoms with E-state index in [1.165, 1.54) is 12.1 Å². The lowest BCUT2D eigenvalue weighted by Gasteiger charge is -2.27. The highest BCUT2D eigenvalue weighted by Gasteiger charge is 2.32. The second kappa shape index (κ2) is 6.25. The van der Waals surface area contributed by atoms with Crippen molar-refractivity contribution >= 4 is 5.91 Å². The van der Waals surface area contributed by atoms with E-state index in [2.05, 4.69) is 10.1 Å². The van der Waals surface area contributed by atoms with Crippen LogP contribution >= 0.6 is 0 Å². The van der Waals surface area contributed by atoms with Gasteiger partial charge in [-0.05, 0) is 31.9 Å². The van der Waals surface area contributed by atoms with Crippen molar-refractivity contribution in [2.24, 2.45) is 0 Å². The van der Waals surface area contributed by atoms with E-state index in [1.54, 1.807) is 24.0 Å². The average Bonchev–Trinajstić information content (AvgIpc) is 2.80. The third kappa shape index (κ3) is 2.86. The monoisotopic (exact) mass is 303 g/mol. The number of benzene rings is 1. The predicted molar refractivity (Wildman–Crippen MR) is 77.7 cm³/mol. The first-order valence-electron chi connectivity index (χ1n) is 7.52. The molecule has 1 atom stereocenters. The van der Waals surface area contributed by atoms with Crippen molar-refractivity contribution in [2.75, 3.05) is 6.54 Å². The summed E-state index contributed by atoms with van der Waals surface area (Å²) < 4.78 is 19.2. The van der Waals surface area contributed by atoms with Crippen LogP contribution in [0.4, 0.5) is 4.39 Å². The molecule has 0 radical (unpaired) electrons. The first kappa shape index (κ1) is 14.7. The lowest BCUT2D eigenvalue weighted by atomic mass is 10.1. The lowest BCUT2D eigenvalue weighted by molar-refractivity contribution is 0.0639. The summed E-state index contributed by atoms with van der Waals surface area (Å²) in [6, 6.07) is 5.78. The molecule has 1 aromatic heterocycles. The molecule has 0 aliphatic carbocycles. The molecule has 0 saturated carbocycles. The van der Waals surface area contributed by atoms with Crippen LogP contribution in [0, 0.1) is 12.7 Å². The SMILES string of the molecule is Cc1noc(C2CCCCCN2C(=O)c2ccccc2F)n1. The van der Waals surface area contributed by atoms with Crippen molar-refractivity contribution in [3.63, 3.8) is 0 Å². The second-order valence-electron chi connectivity index (χ2n) is 5.52. The molecular weight excluding hydrogens is 285 g/mol. The van der Waals surface area contributed by atoms with Crippen molar-refractivity contribution in [1.29, 1.82) is 0 Å². The number of carbonyl (C=O) groups excluding carboxylic acids is 1. The molecule has 1 amide bonds. The van der Waals surface area contributed by atoms with E-state index in [0.29, 0.717) is 18.3 Å². The first-order chi connectivity index (χ1) is 10.7. The van der Waals surface area contributed by atoms with Crippen molar-refractivity contribution in [3.05, 3.63) is 47.4 Å². The first-order valence-corrected chi connectivity index (χ1v) is 7.52. The molecule has 1 aliphatic rings. The topological polar surface area (TPSA) is 59.2 Å². The molecule has 2 heterocycles. The minimum Gasteiger partial charge on any atom is -0.337 e. The zero-order valence-corrected chi connectivity index (χ0v) is 12.5. The summed E-state index contributed by atoms with van der Waals surface area (Å²) in [7, 11) is 0. The van der Waals surface area contributed by atoms with Crippen molar-refractivity contribution < 1.29 is 13.7 Å². The van der Waals surface area contributed by atoms with E-state index in [-0.39, 0.29) is 17.5 Å². The molecule has 0 bridgehead atoms. The molecule has 1 fully saturated rings. The molecule has 1 aliphatic heterocycles. The molecule has 0 spiro atoms. The minimum absolute atomic E-state index is 0.0886. The van der Waals surface area contributed by atoms with Gasteiger partial charge in [0, 0.05) is 6.54 Å². The summed E-state index contributed by atoms with van der Waals surface area (Å²) in [4.78, 5) is 18.7. The average molecular weight is 303 g/mol. The molecule has 1 saturated heterocycles. The van der Waals surface area contributed by atoms with Crippen LogP contribution in [0.15, 0.2) is 28.8 Å². The van der Waals surface area contributed by atoms with Gasteiger partial charge in [-0.3, -0.25) is 4.79 Å². The number of likely N-dealkylation sites (tertiary alicyclic amines) is 1. The van der Waals surface area contributed by atoms with E-state index >= 15 is 0 Å². The Morgan fingerprint density at radius 2 is 2.14 bits per heavy atom. The van der Waals surface area contributed by atoms with Crippen LogP contribution in [-0.2, 0) is 0 Å². The molecule has 0 N–H and O–H groups in total. The summed E-state index contributed by atoms with van der Waals surface area (Å²) >= 11 is 0. The van der Waals surface area contributed by atoms with Gasteiger partial charge in [-0.25, -0.2) is 4.39 Å². The van der Waals surface area contributed by atoms with Gasteiger partial charge >= 0.3 is 0 Å². The van der Waals surface area contributed by atoms with Crippen LogP contribution in [0.25, 0.3) is 0 Å². The standard InChI is InChI=1S/C16H18FN3O2/c1-11-18-15(22-19-11)14-9-3-2-6-10-20(14)16(21)12-7-4-5-8-13(12)17/h4-5,7-8,14H,2-3,6,9-10H2,1H3. The Labute approximate surface area is 128 Å². The number of rotatable bonds is 2. The van der Waals surface area contributed by atoms with E-state index in [9.17, 15) is 9.18 Å². The number of aryl methyl sites for hydroxylation is 1. The molecule has 116 valence electrons. The van der Waals surface area contributed by atoms with E-state index in [1.807, 2.05) is 0 Å². The molecule has 2 aromatic rings. The van der Waals surface area contributed by atoms with E-state index in [0.717, 1.165) is 25.7 Å². The van der Waals surface area contributed by atoms with Gasteiger partial charge < -0.3 is 9.42 Å². The Kier molecular flexibility index (Phi) is 4.18. The fraction of sp³-hybridized carbons (Fsp3) is 0.438. The Morgan fingerprint density at radius 3 is 2.86 bits per heavy atom. The molecule has 1 unspecified atom stereocenters. The second-order valence-corrected chi connectivity index (χ2v) is 5.52. The predicted octanol–water partition coefficient (Wildman–Crippen LogP) is 3.27. The zero-order chi connectivity index (χ0) is 15.5. The van der Waals surface area contributed by atoms with Gasteiger partial charge in [0.05, 0.1) is 5.56 Å². The van der Waals surface area contributed by atoms with Crippen LogP contribution in [-0.4, -0.2) is 27.5 Å². The number of nitrogens with zero attached hydrogens (tertiary/aromatic N) is 3. The van der Waals surface area contributed by atoms with Crippen LogP contribution in [0.1, 0.15) is 53.8 Å². The molecular formula is C16H18FN3O2. The van der Waals surface area contributed by atoms with E-state index < -0.39 is 5.82 Å². The number of halogens is 1. The van der Waals surface area contributed by atoms with Gasteiger partial charge in [0.1, 0.15) is 11.9 Å². The Morgan fingerprint density at radius 1 is 1.32 bits per heavy atom. The Bertz CT molecular complexity index is 671. The maximum absolute atomic E-state index is 13.9. The quantitative estimate of drug-likeness (QED) is 0.854. The summed E-state index contributed by atoms with van der Waals surface area (Å²) in [5.41, 5.74) is 0.0886. The fourth-order valence-corrected chi connectivity index (χ4v) is 2.85. The summed E-state index contributed by atoms with van der Waals surface area (Å²) in [6.45, 7) is 2.31. The van der Waals surface area contributed by atoms with E-state index in [4.69, 9.17) is 4.52 Å². The highest BCUT2D eigenvalue weighted by Crippen LogP contribution is 2.30. The molecule has 3 rings (SSSR count). The van der Waals surface area contributed by atoms with Gasteiger partial charge in [0.15, 0.2) is 5.82 Å². The number of amides is 1. The van der Waals surface area contributed by atoms with Gasteiger partial charge in [0.2, 0.25) is 5.89 Å². The van der Waals surface area contributed by atoms with Crippen LogP contribution in [0.3, 0.4) is 0 Å². The molecule has 22 heavy (non-hydrogen) atoms. The minimum atomic E-state index is -0.503. The number of hydrogen-bond acceptors (Lipinski definition) is 4. The third-order valence-electron chi connectivity index (χ3n) is 3.95. The fourth-order valence-electron chi connectivity index (χ4n) is 2.85. The van der Waals surface area contributed by atoms with Crippen LogP contribution < -0.4 is 0 Å². The number of hydrogen-bond donors (Lipinski definition) is 0. The normalized spacial score (nSPS) is 19.0. The summed E-state index contributed by atoms with van der Waals surface area (Å²) in [6.07, 6.45) is 3.66. The maximum Gasteiger partial charge on any atom is 0.257 e. The van der Waals surface area contributed by atoms with Crippen LogP contribution in [0.2, 0.25) is 0 Å². The maximum atomic E-state index is 13.9. The highest BCUT2D eigenvalue weighted by atomic mass is 19.1. The molecule has 1 aromatic carbocycles. The number of carbonyl (C=O) groups is 1. The van der Waals surface area contributed by atoms with Gasteiger partial charge in [-0.2, -0.15) is 4.98 Å².